The highest BCUT2D eigenvalue weighted by molar-refractivity contribution is 7.10. The van der Waals surface area contributed by atoms with E-state index >= 15 is 0 Å². The fourth-order valence-electron chi connectivity index (χ4n) is 3.43. The third-order valence-corrected chi connectivity index (χ3v) is 5.37. The van der Waals surface area contributed by atoms with E-state index in [4.69, 9.17) is 4.74 Å². The maximum absolute atomic E-state index is 5.50. The van der Waals surface area contributed by atoms with Crippen molar-refractivity contribution < 1.29 is 4.74 Å². The quantitative estimate of drug-likeness (QED) is 0.862. The normalized spacial score (nSPS) is 25.9. The Balaban J connectivity index is 2.21. The van der Waals surface area contributed by atoms with Crippen molar-refractivity contribution in [2.75, 3.05) is 14.2 Å². The molecule has 3 atom stereocenters. The molecule has 1 aliphatic rings. The van der Waals surface area contributed by atoms with Crippen LogP contribution in [0.2, 0.25) is 0 Å². The van der Waals surface area contributed by atoms with Crippen molar-refractivity contribution in [2.24, 2.45) is 11.8 Å². The Labute approximate surface area is 115 Å². The van der Waals surface area contributed by atoms with Gasteiger partial charge in [-0.1, -0.05) is 32.6 Å². The Bertz CT molecular complexity index is 363. The topological polar surface area (TPSA) is 21.3 Å². The summed E-state index contributed by atoms with van der Waals surface area (Å²) in [6, 6.07) is 2.55. The lowest BCUT2D eigenvalue weighted by Gasteiger charge is -2.36. The molecule has 0 radical (unpaired) electrons. The Morgan fingerprint density at radius 1 is 1.44 bits per heavy atom. The van der Waals surface area contributed by atoms with E-state index in [1.54, 1.807) is 7.11 Å². The van der Waals surface area contributed by atoms with Gasteiger partial charge >= 0.3 is 0 Å². The first kappa shape index (κ1) is 13.9. The van der Waals surface area contributed by atoms with E-state index in [-0.39, 0.29) is 0 Å². The van der Waals surface area contributed by atoms with Gasteiger partial charge in [0.05, 0.1) is 12.0 Å². The third kappa shape index (κ3) is 2.72. The van der Waals surface area contributed by atoms with Crippen LogP contribution in [0.4, 0.5) is 0 Å². The van der Waals surface area contributed by atoms with Crippen LogP contribution in [0, 0.1) is 11.8 Å². The second-order valence-corrected chi connectivity index (χ2v) is 6.18. The second-order valence-electron chi connectivity index (χ2n) is 5.24. The Kier molecular flexibility index (Phi) is 5.07. The van der Waals surface area contributed by atoms with Crippen LogP contribution in [0.3, 0.4) is 0 Å². The Morgan fingerprint density at radius 3 is 2.89 bits per heavy atom. The summed E-state index contributed by atoms with van der Waals surface area (Å²) >= 11 is 1.83. The molecule has 1 saturated carbocycles. The van der Waals surface area contributed by atoms with Crippen molar-refractivity contribution in [1.29, 1.82) is 0 Å². The highest BCUT2D eigenvalue weighted by Gasteiger charge is 2.32. The van der Waals surface area contributed by atoms with Gasteiger partial charge in [0.1, 0.15) is 5.75 Å². The average Bonchev–Trinajstić information content (AvgIpc) is 2.88. The zero-order valence-corrected chi connectivity index (χ0v) is 12.6. The molecule has 1 aromatic rings. The van der Waals surface area contributed by atoms with E-state index in [1.807, 2.05) is 11.3 Å². The van der Waals surface area contributed by atoms with Crippen molar-refractivity contribution in [3.05, 3.63) is 16.3 Å². The summed E-state index contributed by atoms with van der Waals surface area (Å²) in [6.07, 6.45) is 6.84. The number of rotatable bonds is 5. The number of hydrogen-bond acceptors (Lipinski definition) is 3. The van der Waals surface area contributed by atoms with Crippen molar-refractivity contribution >= 4 is 11.3 Å². The molecule has 0 amide bonds. The summed E-state index contributed by atoms with van der Waals surface area (Å²) in [5.41, 5.74) is 0. The van der Waals surface area contributed by atoms with E-state index in [2.05, 4.69) is 30.7 Å². The van der Waals surface area contributed by atoms with Crippen molar-refractivity contribution in [3.8, 4) is 5.75 Å². The molecule has 0 spiro atoms. The van der Waals surface area contributed by atoms with Crippen LogP contribution < -0.4 is 10.1 Å². The minimum Gasteiger partial charge on any atom is -0.496 e. The fraction of sp³-hybridized carbons (Fsp3) is 0.733. The van der Waals surface area contributed by atoms with E-state index in [9.17, 15) is 0 Å². The molecule has 1 aliphatic carbocycles. The van der Waals surface area contributed by atoms with Crippen LogP contribution in [0.15, 0.2) is 11.4 Å². The summed E-state index contributed by atoms with van der Waals surface area (Å²) in [4.78, 5) is 1.38. The second kappa shape index (κ2) is 6.58. The third-order valence-electron chi connectivity index (χ3n) is 4.39. The summed E-state index contributed by atoms with van der Waals surface area (Å²) in [5.74, 6) is 2.68. The molecular weight excluding hydrogens is 242 g/mol. The molecule has 102 valence electrons. The molecule has 1 heterocycles. The molecule has 1 aromatic heterocycles. The zero-order valence-electron chi connectivity index (χ0n) is 11.7. The largest absolute Gasteiger partial charge is 0.496 e. The van der Waals surface area contributed by atoms with Crippen molar-refractivity contribution in [3.63, 3.8) is 0 Å². The van der Waals surface area contributed by atoms with Crippen LogP contribution in [0.1, 0.15) is 49.9 Å². The van der Waals surface area contributed by atoms with Gasteiger partial charge in [0, 0.05) is 6.04 Å². The van der Waals surface area contributed by atoms with Gasteiger partial charge in [0.15, 0.2) is 0 Å². The molecule has 0 saturated heterocycles. The molecule has 3 heteroatoms. The number of nitrogens with one attached hydrogen (secondary N) is 1. The van der Waals surface area contributed by atoms with Crippen LogP contribution >= 0.6 is 11.3 Å². The summed E-state index contributed by atoms with van der Waals surface area (Å²) in [7, 11) is 3.86. The van der Waals surface area contributed by atoms with Gasteiger partial charge in [-0.15, -0.1) is 11.3 Å². The van der Waals surface area contributed by atoms with E-state index in [1.165, 1.54) is 37.0 Å². The molecule has 0 bridgehead atoms. The van der Waals surface area contributed by atoms with Gasteiger partial charge in [-0.2, -0.15) is 0 Å². The number of thiophene rings is 1. The Hall–Kier alpha value is -0.540. The van der Waals surface area contributed by atoms with Gasteiger partial charge < -0.3 is 10.1 Å². The summed E-state index contributed by atoms with van der Waals surface area (Å²) in [6.45, 7) is 2.33. The van der Waals surface area contributed by atoms with E-state index in [0.717, 1.165) is 17.6 Å². The van der Waals surface area contributed by atoms with Crippen molar-refractivity contribution in [2.45, 2.75) is 45.1 Å². The molecule has 2 nitrogen and oxygen atoms in total. The molecule has 1 fully saturated rings. The predicted molar refractivity (Wildman–Crippen MR) is 78.4 cm³/mol. The highest BCUT2D eigenvalue weighted by atomic mass is 32.1. The first-order valence-corrected chi connectivity index (χ1v) is 7.98. The highest BCUT2D eigenvalue weighted by Crippen LogP contribution is 2.44. The summed E-state index contributed by atoms with van der Waals surface area (Å²) in [5, 5.41) is 5.68. The van der Waals surface area contributed by atoms with E-state index in [0.29, 0.717) is 6.04 Å². The number of ether oxygens (including phenoxy) is 1. The lowest BCUT2D eigenvalue weighted by Crippen LogP contribution is -2.32. The predicted octanol–water partition coefficient (Wildman–Crippen LogP) is 4.23. The zero-order chi connectivity index (χ0) is 13.0. The lowest BCUT2D eigenvalue weighted by molar-refractivity contribution is 0.180. The first-order valence-electron chi connectivity index (χ1n) is 7.10. The molecule has 0 aromatic carbocycles. The van der Waals surface area contributed by atoms with Gasteiger partial charge in [0.2, 0.25) is 0 Å². The fourth-order valence-corrected chi connectivity index (χ4v) is 4.47. The first-order chi connectivity index (χ1) is 8.81. The number of hydrogen-bond donors (Lipinski definition) is 1. The molecule has 3 unspecified atom stereocenters. The minimum atomic E-state index is 0.463. The maximum atomic E-state index is 5.50. The smallest absolute Gasteiger partial charge is 0.134 e. The van der Waals surface area contributed by atoms with Gasteiger partial charge in [-0.05, 0) is 36.8 Å². The average molecular weight is 267 g/mol. The van der Waals surface area contributed by atoms with Crippen LogP contribution in [-0.4, -0.2) is 14.2 Å². The van der Waals surface area contributed by atoms with Gasteiger partial charge in [-0.25, -0.2) is 0 Å². The monoisotopic (exact) mass is 267 g/mol. The van der Waals surface area contributed by atoms with Crippen LogP contribution in [-0.2, 0) is 0 Å². The standard InChI is InChI=1S/C15H25NOS/c1-4-11-7-5-6-8-12(11)14(16-2)15-13(17-3)9-10-18-15/h9-12,14,16H,4-8H2,1-3H3. The van der Waals surface area contributed by atoms with E-state index < -0.39 is 0 Å². The molecule has 1 N–H and O–H groups in total. The minimum absolute atomic E-state index is 0.463. The maximum Gasteiger partial charge on any atom is 0.134 e. The van der Waals surface area contributed by atoms with Crippen molar-refractivity contribution in [1.82, 2.24) is 5.32 Å². The molecular formula is C15H25NOS. The van der Waals surface area contributed by atoms with Gasteiger partial charge in [0.25, 0.3) is 0 Å². The Morgan fingerprint density at radius 2 is 2.22 bits per heavy atom. The summed E-state index contributed by atoms with van der Waals surface area (Å²) < 4.78 is 5.50. The number of methoxy groups -OCH3 is 1. The van der Waals surface area contributed by atoms with Gasteiger partial charge in [-0.3, -0.25) is 0 Å². The molecule has 2 rings (SSSR count). The molecule has 18 heavy (non-hydrogen) atoms. The SMILES string of the molecule is CCC1CCCCC1C(NC)c1sccc1OC. The van der Waals surface area contributed by atoms with Crippen LogP contribution in [0.25, 0.3) is 0 Å². The molecule has 0 aliphatic heterocycles. The van der Waals surface area contributed by atoms with Crippen LogP contribution in [0.5, 0.6) is 5.75 Å². The lowest BCUT2D eigenvalue weighted by atomic mass is 9.73.